The monoisotopic (exact) mass is 424 g/mol. The summed E-state index contributed by atoms with van der Waals surface area (Å²) >= 11 is 12.3. The Morgan fingerprint density at radius 2 is 1.83 bits per heavy atom. The molecule has 4 nitrogen and oxygen atoms in total. The average Bonchev–Trinajstić information content (AvgIpc) is 3.17. The second kappa shape index (κ2) is 9.00. The number of carbonyl (C=O) groups is 1. The minimum Gasteiger partial charge on any atom is -0.457 e. The van der Waals surface area contributed by atoms with Crippen LogP contribution in [0.25, 0.3) is 17.4 Å². The smallest absolute Gasteiger partial charge is 0.266 e. The van der Waals surface area contributed by atoms with Gasteiger partial charge in [-0.3, -0.25) is 4.79 Å². The fourth-order valence-electron chi connectivity index (χ4n) is 2.71. The van der Waals surface area contributed by atoms with E-state index in [0.717, 1.165) is 0 Å². The average molecular weight is 425 g/mol. The molecule has 0 saturated heterocycles. The number of furan rings is 1. The van der Waals surface area contributed by atoms with Gasteiger partial charge in [0.15, 0.2) is 0 Å². The number of halogens is 2. The molecule has 0 radical (unpaired) electrons. The lowest BCUT2D eigenvalue weighted by Crippen LogP contribution is -2.13. The van der Waals surface area contributed by atoms with Crippen LogP contribution in [0.15, 0.2) is 64.6 Å². The highest BCUT2D eigenvalue weighted by molar-refractivity contribution is 6.43. The number of nitrogens with one attached hydrogen (secondary N) is 1. The van der Waals surface area contributed by atoms with Crippen molar-refractivity contribution in [2.75, 3.05) is 5.32 Å². The van der Waals surface area contributed by atoms with Gasteiger partial charge in [0.05, 0.1) is 10.0 Å². The molecule has 146 valence electrons. The maximum Gasteiger partial charge on any atom is 0.266 e. The molecule has 0 atom stereocenters. The Balaban J connectivity index is 1.79. The molecule has 1 aromatic heterocycles. The van der Waals surface area contributed by atoms with Gasteiger partial charge in [0.2, 0.25) is 0 Å². The van der Waals surface area contributed by atoms with Crippen LogP contribution in [-0.4, -0.2) is 5.91 Å². The molecule has 0 aliphatic heterocycles. The van der Waals surface area contributed by atoms with Crippen LogP contribution in [0.1, 0.15) is 31.1 Å². The molecule has 0 unspecified atom stereocenters. The fraction of sp³-hybridized carbons (Fsp3) is 0.130. The van der Waals surface area contributed by atoms with Crippen LogP contribution in [0.3, 0.4) is 0 Å². The minimum absolute atomic E-state index is 0.0731. The number of carbonyl (C=O) groups excluding carboxylic acids is 1. The molecule has 0 fully saturated rings. The maximum absolute atomic E-state index is 12.5. The number of anilines is 1. The molecular weight excluding hydrogens is 407 g/mol. The molecule has 0 aliphatic carbocycles. The third-order valence-electron chi connectivity index (χ3n) is 4.33. The van der Waals surface area contributed by atoms with Crippen molar-refractivity contribution in [3.8, 4) is 17.4 Å². The summed E-state index contributed by atoms with van der Waals surface area (Å²) < 4.78 is 5.73. The predicted molar refractivity (Wildman–Crippen MR) is 117 cm³/mol. The summed E-state index contributed by atoms with van der Waals surface area (Å²) in [5.74, 6) is 0.739. The van der Waals surface area contributed by atoms with Crippen LogP contribution in [0.5, 0.6) is 0 Å². The number of hydrogen-bond donors (Lipinski definition) is 1. The topological polar surface area (TPSA) is 66.0 Å². The minimum atomic E-state index is -0.511. The van der Waals surface area contributed by atoms with Gasteiger partial charge in [0.25, 0.3) is 5.91 Å². The summed E-state index contributed by atoms with van der Waals surface area (Å²) in [5, 5.41) is 12.9. The normalized spacial score (nSPS) is 11.4. The molecule has 3 aromatic rings. The summed E-state index contributed by atoms with van der Waals surface area (Å²) in [6.45, 7) is 4.19. The van der Waals surface area contributed by atoms with Crippen LogP contribution in [0, 0.1) is 11.3 Å². The van der Waals surface area contributed by atoms with Gasteiger partial charge in [-0.05, 0) is 47.9 Å². The number of nitriles is 1. The summed E-state index contributed by atoms with van der Waals surface area (Å²) in [6, 6.07) is 18.0. The van der Waals surface area contributed by atoms with Gasteiger partial charge in [-0.2, -0.15) is 5.26 Å². The van der Waals surface area contributed by atoms with Crippen molar-refractivity contribution in [2.45, 2.75) is 19.8 Å². The highest BCUT2D eigenvalue weighted by Gasteiger charge is 2.13. The maximum atomic E-state index is 12.5. The van der Waals surface area contributed by atoms with E-state index >= 15 is 0 Å². The van der Waals surface area contributed by atoms with E-state index in [1.165, 1.54) is 11.6 Å². The van der Waals surface area contributed by atoms with Crippen molar-refractivity contribution in [1.29, 1.82) is 5.26 Å². The molecule has 3 rings (SSSR count). The molecule has 1 amide bonds. The number of benzene rings is 2. The van der Waals surface area contributed by atoms with Gasteiger partial charge in [0, 0.05) is 17.3 Å². The van der Waals surface area contributed by atoms with Crippen molar-refractivity contribution in [2.24, 2.45) is 0 Å². The largest absolute Gasteiger partial charge is 0.457 e. The van der Waals surface area contributed by atoms with E-state index in [1.807, 2.05) is 30.3 Å². The van der Waals surface area contributed by atoms with E-state index < -0.39 is 5.91 Å². The third kappa shape index (κ3) is 4.89. The van der Waals surface area contributed by atoms with Crippen molar-refractivity contribution in [3.63, 3.8) is 0 Å². The van der Waals surface area contributed by atoms with Crippen LogP contribution in [0.4, 0.5) is 5.69 Å². The molecule has 0 aliphatic rings. The van der Waals surface area contributed by atoms with Crippen molar-refractivity contribution >= 4 is 40.9 Å². The lowest BCUT2D eigenvalue weighted by Gasteiger charge is -2.08. The van der Waals surface area contributed by atoms with E-state index in [1.54, 1.807) is 30.3 Å². The van der Waals surface area contributed by atoms with E-state index in [4.69, 9.17) is 27.6 Å². The highest BCUT2D eigenvalue weighted by atomic mass is 35.5. The second-order valence-electron chi connectivity index (χ2n) is 6.70. The Hall–Kier alpha value is -3.00. The Kier molecular flexibility index (Phi) is 6.43. The summed E-state index contributed by atoms with van der Waals surface area (Å²) in [5.41, 5.74) is 2.34. The lowest BCUT2D eigenvalue weighted by molar-refractivity contribution is -0.112. The van der Waals surface area contributed by atoms with E-state index in [2.05, 4.69) is 19.2 Å². The summed E-state index contributed by atoms with van der Waals surface area (Å²) in [7, 11) is 0. The first-order valence-electron chi connectivity index (χ1n) is 8.96. The van der Waals surface area contributed by atoms with Gasteiger partial charge in [-0.25, -0.2) is 0 Å². The van der Waals surface area contributed by atoms with Gasteiger partial charge in [-0.15, -0.1) is 0 Å². The number of amides is 1. The Labute approximate surface area is 179 Å². The van der Waals surface area contributed by atoms with Gasteiger partial charge in [-0.1, -0.05) is 55.2 Å². The van der Waals surface area contributed by atoms with E-state index in [-0.39, 0.29) is 5.57 Å². The van der Waals surface area contributed by atoms with Gasteiger partial charge < -0.3 is 9.73 Å². The van der Waals surface area contributed by atoms with E-state index in [0.29, 0.717) is 38.7 Å². The first-order valence-corrected chi connectivity index (χ1v) is 9.72. The third-order valence-corrected chi connectivity index (χ3v) is 5.15. The van der Waals surface area contributed by atoms with Crippen molar-refractivity contribution < 1.29 is 9.21 Å². The molecule has 0 spiro atoms. The predicted octanol–water partition coefficient (Wildman–Crippen LogP) is 6.92. The lowest BCUT2D eigenvalue weighted by atomic mass is 10.0. The highest BCUT2D eigenvalue weighted by Crippen LogP contribution is 2.34. The van der Waals surface area contributed by atoms with Crippen molar-refractivity contribution in [3.05, 3.63) is 81.5 Å². The summed E-state index contributed by atoms with van der Waals surface area (Å²) in [6.07, 6.45) is 1.39. The quantitative estimate of drug-likeness (QED) is 0.356. The SMILES string of the molecule is CC(C)c1ccc(NC(=O)/C(C#N)=C/c2ccc(-c3cccc(Cl)c3Cl)o2)cc1. The van der Waals surface area contributed by atoms with Crippen LogP contribution in [0.2, 0.25) is 10.0 Å². The first kappa shape index (κ1) is 20.7. The molecule has 1 heterocycles. The first-order chi connectivity index (χ1) is 13.9. The van der Waals surface area contributed by atoms with Crippen molar-refractivity contribution in [1.82, 2.24) is 0 Å². The molecule has 6 heteroatoms. The second-order valence-corrected chi connectivity index (χ2v) is 7.49. The van der Waals surface area contributed by atoms with Crippen LogP contribution in [-0.2, 0) is 4.79 Å². The standard InChI is InChI=1S/C23H18Cl2N2O2/c1-14(2)15-6-8-17(9-7-15)27-23(28)16(13-26)12-18-10-11-21(29-18)19-4-3-5-20(24)22(19)25/h3-12,14H,1-2H3,(H,27,28)/b16-12+. The van der Waals surface area contributed by atoms with Gasteiger partial charge >= 0.3 is 0 Å². The zero-order valence-electron chi connectivity index (χ0n) is 15.9. The van der Waals surface area contributed by atoms with Crippen LogP contribution >= 0.6 is 23.2 Å². The molecule has 1 N–H and O–H groups in total. The van der Waals surface area contributed by atoms with Crippen LogP contribution < -0.4 is 5.32 Å². The number of nitrogens with zero attached hydrogens (tertiary/aromatic N) is 1. The zero-order valence-corrected chi connectivity index (χ0v) is 17.4. The molecular formula is C23H18Cl2N2O2. The molecule has 29 heavy (non-hydrogen) atoms. The summed E-state index contributed by atoms with van der Waals surface area (Å²) in [4.78, 5) is 12.5. The molecule has 2 aromatic carbocycles. The number of hydrogen-bond acceptors (Lipinski definition) is 3. The Bertz CT molecular complexity index is 1110. The fourth-order valence-corrected chi connectivity index (χ4v) is 3.10. The van der Waals surface area contributed by atoms with E-state index in [9.17, 15) is 10.1 Å². The van der Waals surface area contributed by atoms with Gasteiger partial charge in [0.1, 0.15) is 23.2 Å². The molecule has 0 saturated carbocycles. The Morgan fingerprint density at radius 3 is 2.48 bits per heavy atom. The number of rotatable bonds is 5. The zero-order chi connectivity index (χ0) is 21.0. The molecule has 0 bridgehead atoms. The Morgan fingerprint density at radius 1 is 1.10 bits per heavy atom.